The monoisotopic (exact) mass is 374 g/mol. The normalized spacial score (nSPS) is 18.5. The molecule has 0 bridgehead atoms. The number of carbonyl (C=O) groups is 2. The second kappa shape index (κ2) is 9.26. The minimum atomic E-state index is -0.671. The van der Waals surface area contributed by atoms with Gasteiger partial charge in [-0.3, -0.25) is 0 Å². The van der Waals surface area contributed by atoms with E-state index in [1.54, 1.807) is 6.26 Å². The van der Waals surface area contributed by atoms with Crippen LogP contribution in [0.5, 0.6) is 0 Å². The van der Waals surface area contributed by atoms with Gasteiger partial charge in [-0.25, -0.2) is 9.59 Å². The number of methoxy groups -OCH3 is 2. The highest BCUT2D eigenvalue weighted by Crippen LogP contribution is 2.42. The molecule has 0 heterocycles. The lowest BCUT2D eigenvalue weighted by Gasteiger charge is -2.32. The SMILES string of the molecule is COC(=O)C(C#N)=C1C=C(CC(SC)=C(C#N)C(=O)OC)CC(C)(C)C1. The molecule has 1 aliphatic rings. The topological polar surface area (TPSA) is 100 Å². The Morgan fingerprint density at radius 2 is 1.77 bits per heavy atom. The highest BCUT2D eigenvalue weighted by Gasteiger charge is 2.30. The summed E-state index contributed by atoms with van der Waals surface area (Å²) in [5.41, 5.74) is 1.35. The Morgan fingerprint density at radius 1 is 1.15 bits per heavy atom. The molecule has 0 radical (unpaired) electrons. The summed E-state index contributed by atoms with van der Waals surface area (Å²) in [4.78, 5) is 24.3. The molecule has 1 rings (SSSR count). The fraction of sp³-hybridized carbons (Fsp3) is 0.474. The summed E-state index contributed by atoms with van der Waals surface area (Å²) in [6.07, 6.45) is 5.26. The van der Waals surface area contributed by atoms with Gasteiger partial charge >= 0.3 is 11.9 Å². The second-order valence-electron chi connectivity index (χ2n) is 6.61. The molecule has 0 amide bonds. The maximum absolute atomic E-state index is 11.9. The molecule has 138 valence electrons. The molecular formula is C19H22N2O4S. The van der Waals surface area contributed by atoms with E-state index < -0.39 is 11.9 Å². The molecule has 0 atom stereocenters. The molecular weight excluding hydrogens is 352 g/mol. The van der Waals surface area contributed by atoms with E-state index in [-0.39, 0.29) is 16.6 Å². The van der Waals surface area contributed by atoms with Crippen molar-refractivity contribution in [3.63, 3.8) is 0 Å². The lowest BCUT2D eigenvalue weighted by Crippen LogP contribution is -2.20. The number of carbonyl (C=O) groups excluding carboxylic acids is 2. The highest BCUT2D eigenvalue weighted by atomic mass is 32.2. The minimum absolute atomic E-state index is 0.0130. The Hall–Kier alpha value is -2.51. The van der Waals surface area contributed by atoms with Crippen molar-refractivity contribution in [2.75, 3.05) is 20.5 Å². The molecule has 0 unspecified atom stereocenters. The number of rotatable bonds is 5. The van der Waals surface area contributed by atoms with Crippen LogP contribution >= 0.6 is 11.8 Å². The van der Waals surface area contributed by atoms with Gasteiger partial charge in [-0.2, -0.15) is 10.5 Å². The number of esters is 2. The van der Waals surface area contributed by atoms with Crippen LogP contribution in [0.3, 0.4) is 0 Å². The van der Waals surface area contributed by atoms with Crippen LogP contribution in [0.25, 0.3) is 0 Å². The molecule has 0 fully saturated rings. The summed E-state index contributed by atoms with van der Waals surface area (Å²) < 4.78 is 9.37. The van der Waals surface area contributed by atoms with Crippen molar-refractivity contribution in [3.05, 3.63) is 33.3 Å². The van der Waals surface area contributed by atoms with Crippen molar-refractivity contribution in [1.82, 2.24) is 0 Å². The molecule has 0 N–H and O–H groups in total. The van der Waals surface area contributed by atoms with Gasteiger partial charge in [0, 0.05) is 11.3 Å². The predicted octanol–water partition coefficient (Wildman–Crippen LogP) is 3.43. The number of nitrogens with zero attached hydrogens (tertiary/aromatic N) is 2. The fourth-order valence-electron chi connectivity index (χ4n) is 2.96. The van der Waals surface area contributed by atoms with Gasteiger partial charge in [-0.15, -0.1) is 11.8 Å². The standard InChI is InChI=1S/C19H22N2O4S/c1-19(2)8-12(6-13(9-19)14(10-20)17(22)24-3)7-16(26-5)15(11-21)18(23)25-4/h6H,7-9H2,1-5H3. The van der Waals surface area contributed by atoms with E-state index in [1.165, 1.54) is 26.0 Å². The molecule has 1 aliphatic carbocycles. The second-order valence-corrected chi connectivity index (χ2v) is 7.51. The summed E-state index contributed by atoms with van der Waals surface area (Å²) in [7, 11) is 2.47. The molecule has 7 heteroatoms. The molecule has 0 aliphatic heterocycles. The Kier molecular flexibility index (Phi) is 7.67. The van der Waals surface area contributed by atoms with Crippen LogP contribution in [0.4, 0.5) is 0 Å². The van der Waals surface area contributed by atoms with Crippen molar-refractivity contribution in [1.29, 1.82) is 10.5 Å². The lowest BCUT2D eigenvalue weighted by atomic mass is 9.73. The van der Waals surface area contributed by atoms with Gasteiger partial charge < -0.3 is 9.47 Å². The largest absolute Gasteiger partial charge is 0.465 e. The molecule has 26 heavy (non-hydrogen) atoms. The average molecular weight is 374 g/mol. The van der Waals surface area contributed by atoms with Gasteiger partial charge in [-0.1, -0.05) is 25.5 Å². The third-order valence-electron chi connectivity index (χ3n) is 3.99. The third-order valence-corrected chi connectivity index (χ3v) is 4.83. The van der Waals surface area contributed by atoms with Crippen LogP contribution in [0.2, 0.25) is 0 Å². The molecule has 0 saturated heterocycles. The fourth-order valence-corrected chi connectivity index (χ4v) is 3.62. The molecule has 0 aromatic heterocycles. The van der Waals surface area contributed by atoms with Gasteiger partial charge in [0.2, 0.25) is 0 Å². The van der Waals surface area contributed by atoms with Crippen molar-refractivity contribution in [3.8, 4) is 12.1 Å². The summed E-state index contributed by atoms with van der Waals surface area (Å²) >= 11 is 1.31. The Bertz CT molecular complexity index is 776. The summed E-state index contributed by atoms with van der Waals surface area (Å²) in [6, 6.07) is 3.83. The van der Waals surface area contributed by atoms with E-state index in [4.69, 9.17) is 4.74 Å². The van der Waals surface area contributed by atoms with Gasteiger partial charge in [0.15, 0.2) is 0 Å². The molecule has 6 nitrogen and oxygen atoms in total. The van der Waals surface area contributed by atoms with E-state index in [1.807, 2.05) is 32.1 Å². The van der Waals surface area contributed by atoms with E-state index in [0.717, 1.165) is 12.0 Å². The first-order valence-corrected chi connectivity index (χ1v) is 9.12. The summed E-state index contributed by atoms with van der Waals surface area (Å²) in [5, 5.41) is 18.6. The number of hydrogen-bond donors (Lipinski definition) is 0. The van der Waals surface area contributed by atoms with Gasteiger partial charge in [0.05, 0.1) is 14.2 Å². The summed E-state index contributed by atoms with van der Waals surface area (Å²) in [6.45, 7) is 4.08. The maximum atomic E-state index is 11.9. The number of ether oxygens (including phenoxy) is 2. The Labute approximate surface area is 158 Å². The minimum Gasteiger partial charge on any atom is -0.465 e. The first kappa shape index (κ1) is 21.5. The van der Waals surface area contributed by atoms with Crippen LogP contribution in [-0.4, -0.2) is 32.4 Å². The van der Waals surface area contributed by atoms with Crippen molar-refractivity contribution < 1.29 is 19.1 Å². The maximum Gasteiger partial charge on any atom is 0.349 e. The van der Waals surface area contributed by atoms with E-state index in [0.29, 0.717) is 23.3 Å². The van der Waals surface area contributed by atoms with E-state index in [9.17, 15) is 20.1 Å². The molecule has 0 saturated carbocycles. The Morgan fingerprint density at radius 3 is 2.23 bits per heavy atom. The van der Waals surface area contributed by atoms with E-state index in [2.05, 4.69) is 4.74 Å². The number of hydrogen-bond acceptors (Lipinski definition) is 7. The van der Waals surface area contributed by atoms with Crippen molar-refractivity contribution >= 4 is 23.7 Å². The molecule has 0 aromatic rings. The number of nitriles is 2. The van der Waals surface area contributed by atoms with E-state index >= 15 is 0 Å². The Balaban J connectivity index is 3.42. The molecule has 0 spiro atoms. The van der Waals surface area contributed by atoms with Crippen LogP contribution in [0.15, 0.2) is 33.3 Å². The highest BCUT2D eigenvalue weighted by molar-refractivity contribution is 8.02. The van der Waals surface area contributed by atoms with Gasteiger partial charge in [-0.05, 0) is 30.1 Å². The zero-order valence-electron chi connectivity index (χ0n) is 15.6. The van der Waals surface area contributed by atoms with Gasteiger partial charge in [0.25, 0.3) is 0 Å². The van der Waals surface area contributed by atoms with Gasteiger partial charge in [0.1, 0.15) is 23.3 Å². The van der Waals surface area contributed by atoms with Crippen LogP contribution < -0.4 is 0 Å². The van der Waals surface area contributed by atoms with Crippen LogP contribution in [-0.2, 0) is 19.1 Å². The number of allylic oxidation sites excluding steroid dienone is 4. The average Bonchev–Trinajstić information content (AvgIpc) is 2.60. The quantitative estimate of drug-likeness (QED) is 0.413. The first-order valence-electron chi connectivity index (χ1n) is 7.89. The third kappa shape index (κ3) is 5.24. The molecule has 0 aromatic carbocycles. The van der Waals surface area contributed by atoms with Crippen LogP contribution in [0, 0.1) is 28.1 Å². The lowest BCUT2D eigenvalue weighted by molar-refractivity contribution is -0.136. The first-order chi connectivity index (χ1) is 12.2. The zero-order valence-corrected chi connectivity index (χ0v) is 16.5. The predicted molar refractivity (Wildman–Crippen MR) is 98.5 cm³/mol. The van der Waals surface area contributed by atoms with Crippen LogP contribution in [0.1, 0.15) is 33.1 Å². The van der Waals surface area contributed by atoms with Crippen molar-refractivity contribution in [2.45, 2.75) is 33.1 Å². The van der Waals surface area contributed by atoms with Crippen molar-refractivity contribution in [2.24, 2.45) is 5.41 Å². The number of thioether (sulfide) groups is 1. The smallest absolute Gasteiger partial charge is 0.349 e. The summed E-state index contributed by atoms with van der Waals surface area (Å²) in [5.74, 6) is -1.33. The zero-order chi connectivity index (χ0) is 19.9.